The fraction of sp³-hybridized carbons (Fsp3) is 0.538. The summed E-state index contributed by atoms with van der Waals surface area (Å²) in [6.45, 7) is 3.05. The monoisotopic (exact) mass is 264 g/mol. The summed E-state index contributed by atoms with van der Waals surface area (Å²) in [7, 11) is 0. The van der Waals surface area contributed by atoms with Gasteiger partial charge >= 0.3 is 0 Å². The topological polar surface area (TPSA) is 93.2 Å². The lowest BCUT2D eigenvalue weighted by molar-refractivity contribution is -0.384. The summed E-state index contributed by atoms with van der Waals surface area (Å²) in [5.74, 6) is 5.33. The third-order valence-electron chi connectivity index (χ3n) is 3.70. The van der Waals surface area contributed by atoms with Crippen LogP contribution < -0.4 is 16.6 Å². The highest BCUT2D eigenvalue weighted by molar-refractivity contribution is 5.63. The van der Waals surface area contributed by atoms with Crippen molar-refractivity contribution in [3.05, 3.63) is 28.3 Å². The summed E-state index contributed by atoms with van der Waals surface area (Å²) in [5, 5.41) is 14.1. The molecule has 0 atom stereocenters. The van der Waals surface area contributed by atoms with Gasteiger partial charge in [0.05, 0.1) is 10.6 Å². The predicted octanol–water partition coefficient (Wildman–Crippen LogP) is 2.87. The molecule has 0 unspecified atom stereocenters. The number of nitrogen functional groups attached to an aromatic ring is 1. The first-order valence-electron chi connectivity index (χ1n) is 6.58. The Morgan fingerprint density at radius 3 is 2.58 bits per heavy atom. The molecule has 0 amide bonds. The zero-order chi connectivity index (χ0) is 13.9. The Balaban J connectivity index is 2.07. The highest BCUT2D eigenvalue weighted by Gasteiger charge is 2.41. The van der Waals surface area contributed by atoms with Crippen LogP contribution in [0, 0.1) is 15.5 Å². The van der Waals surface area contributed by atoms with Gasteiger partial charge in [0.25, 0.3) is 5.69 Å². The Bertz CT molecular complexity index is 472. The maximum absolute atomic E-state index is 10.8. The Labute approximate surface area is 112 Å². The molecule has 2 rings (SSSR count). The number of hydrogen-bond acceptors (Lipinski definition) is 5. The minimum Gasteiger partial charge on any atom is -0.384 e. The van der Waals surface area contributed by atoms with E-state index in [1.807, 2.05) is 0 Å². The number of non-ortho nitro benzene ring substituents is 1. The maximum atomic E-state index is 10.8. The summed E-state index contributed by atoms with van der Waals surface area (Å²) in [6, 6.07) is 4.75. The lowest BCUT2D eigenvalue weighted by Crippen LogP contribution is -2.15. The smallest absolute Gasteiger partial charge is 0.273 e. The molecule has 0 aliphatic heterocycles. The Kier molecular flexibility index (Phi) is 3.90. The van der Waals surface area contributed by atoms with Gasteiger partial charge in [-0.25, -0.2) is 0 Å². The second-order valence-corrected chi connectivity index (χ2v) is 5.27. The minimum absolute atomic E-state index is 0.0401. The normalized spacial score (nSPS) is 15.9. The van der Waals surface area contributed by atoms with Crippen molar-refractivity contribution in [2.75, 3.05) is 17.3 Å². The number of nitrogens with two attached hydrogens (primary N) is 1. The molecule has 19 heavy (non-hydrogen) atoms. The number of hydrogen-bond donors (Lipinski definition) is 3. The van der Waals surface area contributed by atoms with Crippen LogP contribution in [-0.4, -0.2) is 11.5 Å². The van der Waals surface area contributed by atoms with Gasteiger partial charge in [0.2, 0.25) is 0 Å². The standard InChI is InChI=1S/C13H20N4O2/c1-2-3-13(4-5-13)9-15-10-6-11(16-14)8-12(7-10)17(18)19/h6-8,15-16H,2-5,9,14H2,1H3. The van der Waals surface area contributed by atoms with E-state index in [4.69, 9.17) is 5.84 Å². The van der Waals surface area contributed by atoms with Crippen molar-refractivity contribution >= 4 is 17.1 Å². The van der Waals surface area contributed by atoms with Gasteiger partial charge in [0.15, 0.2) is 0 Å². The van der Waals surface area contributed by atoms with Gasteiger partial charge in [0, 0.05) is 24.4 Å². The van der Waals surface area contributed by atoms with E-state index < -0.39 is 4.92 Å². The van der Waals surface area contributed by atoms with Crippen molar-refractivity contribution in [2.24, 2.45) is 11.3 Å². The summed E-state index contributed by atoms with van der Waals surface area (Å²) in [5.41, 5.74) is 4.17. The number of nitrogens with zero attached hydrogens (tertiary/aromatic N) is 1. The van der Waals surface area contributed by atoms with Crippen LogP contribution in [0.4, 0.5) is 17.1 Å². The summed E-state index contributed by atoms with van der Waals surface area (Å²) >= 11 is 0. The van der Waals surface area contributed by atoms with Crippen LogP contribution in [-0.2, 0) is 0 Å². The molecular formula is C13H20N4O2. The van der Waals surface area contributed by atoms with Crippen molar-refractivity contribution in [1.82, 2.24) is 0 Å². The van der Waals surface area contributed by atoms with Crippen molar-refractivity contribution < 1.29 is 4.92 Å². The first-order chi connectivity index (χ1) is 9.08. The number of nitrogens with one attached hydrogen (secondary N) is 2. The van der Waals surface area contributed by atoms with E-state index in [1.165, 1.54) is 31.7 Å². The molecule has 6 nitrogen and oxygen atoms in total. The highest BCUT2D eigenvalue weighted by atomic mass is 16.6. The molecule has 0 aromatic heterocycles. The second-order valence-electron chi connectivity index (χ2n) is 5.27. The molecule has 1 aromatic rings. The van der Waals surface area contributed by atoms with E-state index in [-0.39, 0.29) is 5.69 Å². The molecule has 1 aromatic carbocycles. The Morgan fingerprint density at radius 2 is 2.05 bits per heavy atom. The van der Waals surface area contributed by atoms with Gasteiger partial charge in [-0.1, -0.05) is 13.3 Å². The van der Waals surface area contributed by atoms with Crippen molar-refractivity contribution in [2.45, 2.75) is 32.6 Å². The van der Waals surface area contributed by atoms with Crippen LogP contribution in [0.1, 0.15) is 32.6 Å². The lowest BCUT2D eigenvalue weighted by Gasteiger charge is -2.16. The van der Waals surface area contributed by atoms with Crippen molar-refractivity contribution in [3.63, 3.8) is 0 Å². The van der Waals surface area contributed by atoms with Gasteiger partial charge in [-0.05, 0) is 30.7 Å². The minimum atomic E-state index is -0.412. The van der Waals surface area contributed by atoms with Gasteiger partial charge in [0.1, 0.15) is 0 Å². The van der Waals surface area contributed by atoms with Gasteiger partial charge in [-0.2, -0.15) is 0 Å². The van der Waals surface area contributed by atoms with Gasteiger partial charge < -0.3 is 10.7 Å². The number of nitro benzene ring substituents is 1. The predicted molar refractivity (Wildman–Crippen MR) is 76.0 cm³/mol. The Hall–Kier alpha value is -1.82. The van der Waals surface area contributed by atoms with Crippen LogP contribution in [0.2, 0.25) is 0 Å². The molecule has 1 fully saturated rings. The van der Waals surface area contributed by atoms with E-state index in [1.54, 1.807) is 12.1 Å². The van der Waals surface area contributed by atoms with Crippen LogP contribution in [0.15, 0.2) is 18.2 Å². The molecule has 0 bridgehead atoms. The Morgan fingerprint density at radius 1 is 1.37 bits per heavy atom. The first kappa shape index (κ1) is 13.6. The quantitative estimate of drug-likeness (QED) is 0.400. The molecule has 104 valence electrons. The number of rotatable bonds is 7. The van der Waals surface area contributed by atoms with E-state index in [0.29, 0.717) is 11.1 Å². The molecule has 1 saturated carbocycles. The fourth-order valence-corrected chi connectivity index (χ4v) is 2.41. The zero-order valence-electron chi connectivity index (χ0n) is 11.1. The van der Waals surface area contributed by atoms with Crippen LogP contribution in [0.5, 0.6) is 0 Å². The summed E-state index contributed by atoms with van der Waals surface area (Å²) in [4.78, 5) is 10.4. The van der Waals surface area contributed by atoms with Gasteiger partial charge in [-0.15, -0.1) is 0 Å². The second kappa shape index (κ2) is 5.44. The van der Waals surface area contributed by atoms with Crippen LogP contribution >= 0.6 is 0 Å². The fourth-order valence-electron chi connectivity index (χ4n) is 2.41. The number of nitro groups is 1. The molecular weight excluding hydrogens is 244 g/mol. The molecule has 0 radical (unpaired) electrons. The summed E-state index contributed by atoms with van der Waals surface area (Å²) in [6.07, 6.45) is 4.86. The number of anilines is 2. The maximum Gasteiger partial charge on any atom is 0.273 e. The number of hydrazine groups is 1. The van der Waals surface area contributed by atoms with Gasteiger partial charge in [-0.3, -0.25) is 16.0 Å². The summed E-state index contributed by atoms with van der Waals surface area (Å²) < 4.78 is 0. The first-order valence-corrected chi connectivity index (χ1v) is 6.58. The van der Waals surface area contributed by atoms with Crippen molar-refractivity contribution in [1.29, 1.82) is 0 Å². The van der Waals surface area contributed by atoms with E-state index in [2.05, 4.69) is 17.7 Å². The molecule has 0 spiro atoms. The molecule has 4 N–H and O–H groups in total. The molecule has 1 aliphatic rings. The SMILES string of the molecule is CCCC1(CNc2cc(NN)cc([N+](=O)[O-])c2)CC1. The highest BCUT2D eigenvalue weighted by Crippen LogP contribution is 2.49. The zero-order valence-corrected chi connectivity index (χ0v) is 11.1. The molecule has 6 heteroatoms. The van der Waals surface area contributed by atoms with E-state index in [9.17, 15) is 10.1 Å². The number of benzene rings is 1. The lowest BCUT2D eigenvalue weighted by atomic mass is 10.0. The molecule has 0 saturated heterocycles. The molecule has 0 heterocycles. The average molecular weight is 264 g/mol. The average Bonchev–Trinajstić information content (AvgIpc) is 3.17. The third kappa shape index (κ3) is 3.35. The molecule has 1 aliphatic carbocycles. The van der Waals surface area contributed by atoms with Crippen LogP contribution in [0.3, 0.4) is 0 Å². The third-order valence-corrected chi connectivity index (χ3v) is 3.70. The van der Waals surface area contributed by atoms with Crippen molar-refractivity contribution in [3.8, 4) is 0 Å². The van der Waals surface area contributed by atoms with E-state index >= 15 is 0 Å². The van der Waals surface area contributed by atoms with Crippen LogP contribution in [0.25, 0.3) is 0 Å². The van der Waals surface area contributed by atoms with E-state index in [0.717, 1.165) is 12.2 Å². The largest absolute Gasteiger partial charge is 0.384 e.